The number of nitrogen functional groups attached to an aromatic ring is 1. The molecule has 3 rings (SSSR count). The van der Waals surface area contributed by atoms with Crippen LogP contribution in [0.1, 0.15) is 5.56 Å². The first-order chi connectivity index (χ1) is 10.2. The van der Waals surface area contributed by atoms with Crippen molar-refractivity contribution in [2.75, 3.05) is 24.8 Å². The largest absolute Gasteiger partial charge is 0.497 e. The van der Waals surface area contributed by atoms with Gasteiger partial charge in [0.25, 0.3) is 0 Å². The maximum absolute atomic E-state index is 5.86. The van der Waals surface area contributed by atoms with Crippen LogP contribution in [0, 0.1) is 0 Å². The summed E-state index contributed by atoms with van der Waals surface area (Å²) in [5.74, 6) is 0.844. The molecule has 0 saturated heterocycles. The highest BCUT2D eigenvalue weighted by atomic mass is 16.6. The normalized spacial score (nSPS) is 10.8. The van der Waals surface area contributed by atoms with Crippen molar-refractivity contribution in [2.24, 2.45) is 0 Å². The van der Waals surface area contributed by atoms with E-state index in [0.717, 1.165) is 18.0 Å². The Morgan fingerprint density at radius 3 is 2.52 bits per heavy atom. The monoisotopic (exact) mass is 284 g/mol. The van der Waals surface area contributed by atoms with Gasteiger partial charge in [0.15, 0.2) is 11.0 Å². The zero-order valence-corrected chi connectivity index (χ0v) is 11.9. The first-order valence-electron chi connectivity index (χ1n) is 6.54. The zero-order chi connectivity index (χ0) is 14.8. The van der Waals surface area contributed by atoms with E-state index in [-0.39, 0.29) is 0 Å². The molecule has 2 N–H and O–H groups in total. The molecular weight excluding hydrogens is 268 g/mol. The number of hydrogen-bond donors (Lipinski definition) is 1. The van der Waals surface area contributed by atoms with E-state index in [2.05, 4.69) is 15.2 Å². The molecule has 0 atom stereocenters. The molecule has 1 aromatic heterocycles. The van der Waals surface area contributed by atoms with Crippen LogP contribution in [-0.2, 0) is 6.54 Å². The lowest BCUT2D eigenvalue weighted by Crippen LogP contribution is -2.16. The van der Waals surface area contributed by atoms with Gasteiger partial charge in [-0.25, -0.2) is 4.63 Å². The lowest BCUT2D eigenvalue weighted by atomic mass is 10.1. The Hall–Kier alpha value is -2.76. The molecule has 3 aromatic rings. The molecule has 0 aliphatic heterocycles. The predicted octanol–water partition coefficient (Wildman–Crippen LogP) is 2.45. The van der Waals surface area contributed by atoms with Crippen LogP contribution >= 0.6 is 0 Å². The van der Waals surface area contributed by atoms with Crippen LogP contribution in [0.4, 0.5) is 11.4 Å². The number of benzene rings is 2. The van der Waals surface area contributed by atoms with E-state index in [9.17, 15) is 0 Å². The summed E-state index contributed by atoms with van der Waals surface area (Å²) in [4.78, 5) is 2.08. The summed E-state index contributed by atoms with van der Waals surface area (Å²) < 4.78 is 9.95. The molecule has 0 bridgehead atoms. The van der Waals surface area contributed by atoms with Gasteiger partial charge in [-0.2, -0.15) is 0 Å². The van der Waals surface area contributed by atoms with Crippen LogP contribution in [0.5, 0.6) is 5.75 Å². The van der Waals surface area contributed by atoms with Crippen molar-refractivity contribution < 1.29 is 9.37 Å². The van der Waals surface area contributed by atoms with Gasteiger partial charge in [0.05, 0.1) is 18.5 Å². The van der Waals surface area contributed by atoms with Crippen LogP contribution in [0.2, 0.25) is 0 Å². The lowest BCUT2D eigenvalue weighted by Gasteiger charge is -2.19. The Balaban J connectivity index is 1.88. The summed E-state index contributed by atoms with van der Waals surface area (Å²) in [7, 11) is 3.65. The Morgan fingerprint density at radius 2 is 1.81 bits per heavy atom. The molecular formula is C15H16N4O2. The van der Waals surface area contributed by atoms with E-state index in [1.165, 1.54) is 5.56 Å². The molecule has 21 heavy (non-hydrogen) atoms. The maximum atomic E-state index is 5.86. The SMILES string of the molecule is COc1ccc(CN(C)c2ccc(N)c3nonc23)cc1. The number of nitrogens with two attached hydrogens (primary N) is 1. The zero-order valence-electron chi connectivity index (χ0n) is 11.9. The first kappa shape index (κ1) is 13.2. The second-order valence-corrected chi connectivity index (χ2v) is 4.84. The van der Waals surface area contributed by atoms with Gasteiger partial charge in [0, 0.05) is 13.6 Å². The highest BCUT2D eigenvalue weighted by Gasteiger charge is 2.13. The highest BCUT2D eigenvalue weighted by Crippen LogP contribution is 2.28. The Labute approximate surface area is 122 Å². The van der Waals surface area contributed by atoms with Gasteiger partial charge in [-0.05, 0) is 40.1 Å². The fourth-order valence-electron chi connectivity index (χ4n) is 2.27. The van der Waals surface area contributed by atoms with Crippen molar-refractivity contribution in [2.45, 2.75) is 6.54 Å². The number of anilines is 2. The van der Waals surface area contributed by atoms with Gasteiger partial charge in [-0.3, -0.25) is 0 Å². The minimum atomic E-state index is 0.563. The van der Waals surface area contributed by atoms with Crippen molar-refractivity contribution in [3.63, 3.8) is 0 Å². The third-order valence-electron chi connectivity index (χ3n) is 3.42. The average molecular weight is 284 g/mol. The smallest absolute Gasteiger partial charge is 0.160 e. The highest BCUT2D eigenvalue weighted by molar-refractivity contribution is 5.95. The third kappa shape index (κ3) is 2.47. The predicted molar refractivity (Wildman–Crippen MR) is 81.3 cm³/mol. The van der Waals surface area contributed by atoms with E-state index >= 15 is 0 Å². The van der Waals surface area contributed by atoms with E-state index in [0.29, 0.717) is 16.7 Å². The van der Waals surface area contributed by atoms with Gasteiger partial charge in [-0.15, -0.1) is 0 Å². The van der Waals surface area contributed by atoms with Crippen molar-refractivity contribution in [3.05, 3.63) is 42.0 Å². The summed E-state index contributed by atoms with van der Waals surface area (Å²) in [6.45, 7) is 0.732. The van der Waals surface area contributed by atoms with E-state index in [4.69, 9.17) is 15.1 Å². The van der Waals surface area contributed by atoms with Gasteiger partial charge in [0.1, 0.15) is 5.75 Å². The number of ether oxygens (including phenoxy) is 1. The summed E-state index contributed by atoms with van der Waals surface area (Å²) >= 11 is 0. The van der Waals surface area contributed by atoms with Gasteiger partial charge in [0.2, 0.25) is 0 Å². The minimum absolute atomic E-state index is 0.563. The summed E-state index contributed by atoms with van der Waals surface area (Å²) in [6.07, 6.45) is 0. The standard InChI is InChI=1S/C15H16N4O2/c1-19(9-10-3-5-11(20-2)6-4-10)13-8-7-12(16)14-15(13)18-21-17-14/h3-8H,9,16H2,1-2H3. The second kappa shape index (κ2) is 5.32. The Bertz CT molecular complexity index is 752. The Morgan fingerprint density at radius 1 is 1.10 bits per heavy atom. The van der Waals surface area contributed by atoms with Crippen molar-refractivity contribution in [1.29, 1.82) is 0 Å². The van der Waals surface area contributed by atoms with Crippen molar-refractivity contribution in [3.8, 4) is 5.75 Å². The molecule has 2 aromatic carbocycles. The fourth-order valence-corrected chi connectivity index (χ4v) is 2.27. The summed E-state index contributed by atoms with van der Waals surface area (Å²) in [5, 5.41) is 7.78. The van der Waals surface area contributed by atoms with Gasteiger partial charge < -0.3 is 15.4 Å². The quantitative estimate of drug-likeness (QED) is 0.741. The molecule has 6 heteroatoms. The van der Waals surface area contributed by atoms with Crippen LogP contribution in [0.3, 0.4) is 0 Å². The van der Waals surface area contributed by atoms with Crippen LogP contribution < -0.4 is 15.4 Å². The molecule has 0 saturated carbocycles. The van der Waals surface area contributed by atoms with Gasteiger partial charge >= 0.3 is 0 Å². The van der Waals surface area contributed by atoms with E-state index in [1.54, 1.807) is 7.11 Å². The Kier molecular flexibility index (Phi) is 3.35. The number of fused-ring (bicyclic) bond motifs is 1. The lowest BCUT2D eigenvalue weighted by molar-refractivity contribution is 0.315. The molecule has 0 fully saturated rings. The number of methoxy groups -OCH3 is 1. The van der Waals surface area contributed by atoms with Crippen molar-refractivity contribution >= 4 is 22.4 Å². The number of rotatable bonds is 4. The molecule has 0 radical (unpaired) electrons. The number of aromatic nitrogens is 2. The summed E-state index contributed by atoms with van der Waals surface area (Å²) in [5.41, 5.74) is 9.78. The van der Waals surface area contributed by atoms with Crippen molar-refractivity contribution in [1.82, 2.24) is 10.3 Å². The third-order valence-corrected chi connectivity index (χ3v) is 3.42. The maximum Gasteiger partial charge on any atom is 0.160 e. The number of nitrogens with zero attached hydrogens (tertiary/aromatic N) is 3. The molecule has 0 aliphatic rings. The van der Waals surface area contributed by atoms with Crippen LogP contribution in [-0.4, -0.2) is 24.5 Å². The van der Waals surface area contributed by atoms with E-state index in [1.807, 2.05) is 43.4 Å². The fraction of sp³-hybridized carbons (Fsp3) is 0.200. The molecule has 1 heterocycles. The molecule has 0 aliphatic carbocycles. The molecule has 0 spiro atoms. The van der Waals surface area contributed by atoms with Crippen LogP contribution in [0.15, 0.2) is 41.0 Å². The van der Waals surface area contributed by atoms with Gasteiger partial charge in [-0.1, -0.05) is 12.1 Å². The second-order valence-electron chi connectivity index (χ2n) is 4.84. The molecule has 0 amide bonds. The van der Waals surface area contributed by atoms with E-state index < -0.39 is 0 Å². The summed E-state index contributed by atoms with van der Waals surface area (Å²) in [6, 6.07) is 11.7. The molecule has 0 unspecified atom stereocenters. The number of hydrogen-bond acceptors (Lipinski definition) is 6. The first-order valence-corrected chi connectivity index (χ1v) is 6.54. The molecule has 6 nitrogen and oxygen atoms in total. The topological polar surface area (TPSA) is 77.4 Å². The average Bonchev–Trinajstić information content (AvgIpc) is 2.98. The minimum Gasteiger partial charge on any atom is -0.497 e. The molecule has 108 valence electrons. The van der Waals surface area contributed by atoms with Crippen LogP contribution in [0.25, 0.3) is 11.0 Å².